The first-order chi connectivity index (χ1) is 8.06. The summed E-state index contributed by atoms with van der Waals surface area (Å²) in [5.74, 6) is 0. The third-order valence-electron chi connectivity index (χ3n) is 3.43. The number of aryl methyl sites for hydroxylation is 1. The molecule has 1 fully saturated rings. The molecule has 17 heavy (non-hydrogen) atoms. The third kappa shape index (κ3) is 3.13. The fourth-order valence-electron chi connectivity index (χ4n) is 2.18. The zero-order chi connectivity index (χ0) is 12.4. The van der Waals surface area contributed by atoms with E-state index in [9.17, 15) is 0 Å². The van der Waals surface area contributed by atoms with E-state index < -0.39 is 0 Å². The van der Waals surface area contributed by atoms with Crippen molar-refractivity contribution in [1.29, 1.82) is 0 Å². The molecule has 1 saturated heterocycles. The summed E-state index contributed by atoms with van der Waals surface area (Å²) in [7, 11) is 2.18. The third-order valence-corrected chi connectivity index (χ3v) is 4.09. The summed E-state index contributed by atoms with van der Waals surface area (Å²) < 4.78 is 1.06. The van der Waals surface area contributed by atoms with E-state index in [1.54, 1.807) is 0 Å². The summed E-state index contributed by atoms with van der Waals surface area (Å²) in [4.78, 5) is 2.38. The van der Waals surface area contributed by atoms with Crippen molar-refractivity contribution in [3.05, 3.63) is 22.2 Å². The average Bonchev–Trinajstić information content (AvgIpc) is 2.29. The van der Waals surface area contributed by atoms with E-state index in [2.05, 4.69) is 39.3 Å². The highest BCUT2D eigenvalue weighted by Crippen LogP contribution is 2.29. The minimum Gasteiger partial charge on any atom is -0.398 e. The van der Waals surface area contributed by atoms with Gasteiger partial charge >= 0.3 is 0 Å². The Morgan fingerprint density at radius 3 is 2.65 bits per heavy atom. The fraction of sp³-hybridized carbons (Fsp3) is 0.538. The van der Waals surface area contributed by atoms with E-state index in [-0.39, 0.29) is 0 Å². The van der Waals surface area contributed by atoms with Gasteiger partial charge in [0.15, 0.2) is 0 Å². The predicted octanol–water partition coefficient (Wildman–Crippen LogP) is 2.85. The van der Waals surface area contributed by atoms with E-state index in [1.165, 1.54) is 25.9 Å². The van der Waals surface area contributed by atoms with Gasteiger partial charge in [0.25, 0.3) is 0 Å². The molecule has 1 aromatic rings. The van der Waals surface area contributed by atoms with Crippen LogP contribution < -0.4 is 11.1 Å². The van der Waals surface area contributed by atoms with E-state index in [1.807, 2.05) is 13.0 Å². The lowest BCUT2D eigenvalue weighted by atomic mass is 10.0. The van der Waals surface area contributed by atoms with Crippen molar-refractivity contribution in [2.75, 3.05) is 31.2 Å². The molecule has 0 spiro atoms. The number of hydrogen-bond acceptors (Lipinski definition) is 3. The van der Waals surface area contributed by atoms with Gasteiger partial charge in [-0.3, -0.25) is 0 Å². The maximum absolute atomic E-state index is 5.88. The van der Waals surface area contributed by atoms with Crippen molar-refractivity contribution in [1.82, 2.24) is 4.90 Å². The van der Waals surface area contributed by atoms with Crippen molar-refractivity contribution < 1.29 is 0 Å². The lowest BCUT2D eigenvalue weighted by Gasteiger charge is -2.30. The maximum atomic E-state index is 5.88. The molecule has 1 aliphatic heterocycles. The molecule has 0 amide bonds. The second-order valence-corrected chi connectivity index (χ2v) is 5.76. The normalized spacial score (nSPS) is 18.3. The lowest BCUT2D eigenvalue weighted by molar-refractivity contribution is 0.264. The van der Waals surface area contributed by atoms with Gasteiger partial charge in [-0.25, -0.2) is 0 Å². The molecule has 0 saturated carbocycles. The summed E-state index contributed by atoms with van der Waals surface area (Å²) >= 11 is 3.57. The second kappa shape index (κ2) is 5.27. The Morgan fingerprint density at radius 1 is 1.35 bits per heavy atom. The van der Waals surface area contributed by atoms with Crippen LogP contribution in [0.25, 0.3) is 0 Å². The number of nitrogens with one attached hydrogen (secondary N) is 1. The summed E-state index contributed by atoms with van der Waals surface area (Å²) in [5.41, 5.74) is 9.00. The second-order valence-electron chi connectivity index (χ2n) is 4.91. The van der Waals surface area contributed by atoms with Crippen LogP contribution in [0.4, 0.5) is 11.4 Å². The van der Waals surface area contributed by atoms with Crippen LogP contribution >= 0.6 is 15.9 Å². The zero-order valence-electron chi connectivity index (χ0n) is 10.5. The standard InChI is InChI=1S/C13H20BrN3/c1-9-7-13(11(14)8-12(9)15)16-10-3-5-17(2)6-4-10/h7-8,10,16H,3-6,15H2,1-2H3. The van der Waals surface area contributed by atoms with Crippen LogP contribution in [0.2, 0.25) is 0 Å². The van der Waals surface area contributed by atoms with Gasteiger partial charge in [0.2, 0.25) is 0 Å². The van der Waals surface area contributed by atoms with Crippen molar-refractivity contribution in [3.8, 4) is 0 Å². The van der Waals surface area contributed by atoms with Crippen LogP contribution in [0.1, 0.15) is 18.4 Å². The molecule has 0 bridgehead atoms. The summed E-state index contributed by atoms with van der Waals surface area (Å²) in [6.07, 6.45) is 2.40. The first kappa shape index (κ1) is 12.7. The van der Waals surface area contributed by atoms with Gasteiger partial charge in [-0.05, 0) is 73.5 Å². The molecule has 1 aromatic carbocycles. The minimum atomic E-state index is 0.575. The number of nitrogens with two attached hydrogens (primary N) is 1. The predicted molar refractivity (Wildman–Crippen MR) is 77.4 cm³/mol. The first-order valence-corrected chi connectivity index (χ1v) is 6.86. The van der Waals surface area contributed by atoms with Gasteiger partial charge in [0.1, 0.15) is 0 Å². The molecule has 94 valence electrons. The molecular weight excluding hydrogens is 278 g/mol. The molecule has 1 aliphatic rings. The van der Waals surface area contributed by atoms with Crippen LogP contribution in [0.5, 0.6) is 0 Å². The zero-order valence-corrected chi connectivity index (χ0v) is 12.0. The maximum Gasteiger partial charge on any atom is 0.0490 e. The van der Waals surface area contributed by atoms with Crippen molar-refractivity contribution in [3.63, 3.8) is 0 Å². The highest BCUT2D eigenvalue weighted by molar-refractivity contribution is 9.10. The Balaban J connectivity index is 2.06. The Kier molecular flexibility index (Phi) is 3.94. The quantitative estimate of drug-likeness (QED) is 0.825. The molecule has 1 heterocycles. The molecule has 3 nitrogen and oxygen atoms in total. The number of rotatable bonds is 2. The number of halogens is 1. The number of nitrogens with zero attached hydrogens (tertiary/aromatic N) is 1. The molecule has 0 aliphatic carbocycles. The van der Waals surface area contributed by atoms with Crippen LogP contribution in [0.3, 0.4) is 0 Å². The molecule has 0 atom stereocenters. The minimum absolute atomic E-state index is 0.575. The number of benzene rings is 1. The average molecular weight is 298 g/mol. The first-order valence-electron chi connectivity index (χ1n) is 6.07. The van der Waals surface area contributed by atoms with Gasteiger partial charge in [0, 0.05) is 21.9 Å². The number of piperidine rings is 1. The van der Waals surface area contributed by atoms with Crippen LogP contribution in [0.15, 0.2) is 16.6 Å². The fourth-order valence-corrected chi connectivity index (χ4v) is 2.66. The highest BCUT2D eigenvalue weighted by Gasteiger charge is 2.17. The van der Waals surface area contributed by atoms with Gasteiger partial charge in [-0.2, -0.15) is 0 Å². The van der Waals surface area contributed by atoms with Gasteiger partial charge in [-0.15, -0.1) is 0 Å². The largest absolute Gasteiger partial charge is 0.398 e. The van der Waals surface area contributed by atoms with Crippen molar-refractivity contribution in [2.45, 2.75) is 25.8 Å². The molecule has 4 heteroatoms. The molecule has 3 N–H and O–H groups in total. The van der Waals surface area contributed by atoms with Crippen molar-refractivity contribution in [2.24, 2.45) is 0 Å². The topological polar surface area (TPSA) is 41.3 Å². The number of hydrogen-bond donors (Lipinski definition) is 2. The summed E-state index contributed by atoms with van der Waals surface area (Å²) in [6.45, 7) is 4.38. The Labute approximate surface area is 111 Å². The monoisotopic (exact) mass is 297 g/mol. The Bertz CT molecular complexity index is 398. The number of anilines is 2. The van der Waals surface area contributed by atoms with E-state index >= 15 is 0 Å². The van der Waals surface area contributed by atoms with E-state index in [0.717, 1.165) is 21.4 Å². The number of nitrogen functional groups attached to an aromatic ring is 1. The summed E-state index contributed by atoms with van der Waals surface area (Å²) in [5, 5.41) is 3.61. The Hall–Kier alpha value is -0.740. The van der Waals surface area contributed by atoms with Crippen LogP contribution in [-0.2, 0) is 0 Å². The summed E-state index contributed by atoms with van der Waals surface area (Å²) in [6, 6.07) is 4.68. The van der Waals surface area contributed by atoms with Gasteiger partial charge in [0.05, 0.1) is 0 Å². The van der Waals surface area contributed by atoms with Crippen LogP contribution in [-0.4, -0.2) is 31.1 Å². The van der Waals surface area contributed by atoms with Gasteiger partial charge < -0.3 is 16.0 Å². The van der Waals surface area contributed by atoms with E-state index in [4.69, 9.17) is 5.73 Å². The molecule has 2 rings (SSSR count). The smallest absolute Gasteiger partial charge is 0.0490 e. The van der Waals surface area contributed by atoms with E-state index in [0.29, 0.717) is 6.04 Å². The molecule has 0 unspecified atom stereocenters. The number of likely N-dealkylation sites (tertiary alicyclic amines) is 1. The van der Waals surface area contributed by atoms with Gasteiger partial charge in [-0.1, -0.05) is 0 Å². The Morgan fingerprint density at radius 2 is 2.00 bits per heavy atom. The SMILES string of the molecule is Cc1cc(NC2CCN(C)CC2)c(Br)cc1N. The molecular formula is C13H20BrN3. The highest BCUT2D eigenvalue weighted by atomic mass is 79.9. The van der Waals surface area contributed by atoms with Crippen molar-refractivity contribution >= 4 is 27.3 Å². The molecule has 0 aromatic heterocycles. The lowest BCUT2D eigenvalue weighted by Crippen LogP contribution is -2.36. The van der Waals surface area contributed by atoms with Crippen LogP contribution in [0, 0.1) is 6.92 Å². The molecule has 0 radical (unpaired) electrons.